The predicted molar refractivity (Wildman–Crippen MR) is 79.2 cm³/mol. The molecule has 4 heteroatoms. The molecule has 1 fully saturated rings. The molecule has 0 bridgehead atoms. The summed E-state index contributed by atoms with van der Waals surface area (Å²) in [7, 11) is 0. The monoisotopic (exact) mass is 261 g/mol. The van der Waals surface area contributed by atoms with Gasteiger partial charge in [-0.15, -0.1) is 0 Å². The highest BCUT2D eigenvalue weighted by Crippen LogP contribution is 2.24. The fraction of sp³-hybridized carbons (Fsp3) is 0.533. The molecular weight excluding hydrogens is 238 g/mol. The van der Waals surface area contributed by atoms with Crippen LogP contribution in [0.2, 0.25) is 0 Å². The predicted octanol–water partition coefficient (Wildman–Crippen LogP) is 2.57. The average molecular weight is 261 g/mol. The lowest BCUT2D eigenvalue weighted by atomic mass is 9.86. The molecular formula is C15H23N3O. The lowest BCUT2D eigenvalue weighted by Gasteiger charge is -2.26. The summed E-state index contributed by atoms with van der Waals surface area (Å²) in [6.45, 7) is 2.50. The summed E-state index contributed by atoms with van der Waals surface area (Å²) in [5.74, 6) is 0.669. The van der Waals surface area contributed by atoms with Crippen LogP contribution in [0.1, 0.15) is 32.6 Å². The van der Waals surface area contributed by atoms with Crippen LogP contribution in [0.5, 0.6) is 0 Å². The van der Waals surface area contributed by atoms with Crippen molar-refractivity contribution in [3.63, 3.8) is 0 Å². The Morgan fingerprint density at radius 2 is 1.95 bits per heavy atom. The highest BCUT2D eigenvalue weighted by Gasteiger charge is 2.17. The maximum Gasteiger partial charge on any atom is 0.221 e. The molecule has 0 aromatic heterocycles. The van der Waals surface area contributed by atoms with Gasteiger partial charge in [-0.1, -0.05) is 6.07 Å². The summed E-state index contributed by atoms with van der Waals surface area (Å²) >= 11 is 0. The second-order valence-electron chi connectivity index (χ2n) is 5.42. The Labute approximate surface area is 114 Å². The summed E-state index contributed by atoms with van der Waals surface area (Å²) < 4.78 is 0. The number of hydrogen-bond acceptors (Lipinski definition) is 3. The van der Waals surface area contributed by atoms with E-state index in [1.54, 1.807) is 0 Å². The number of hydrogen-bond donors (Lipinski definition) is 3. The number of carbonyl (C=O) groups is 1. The molecule has 1 aliphatic carbocycles. The first-order valence-electron chi connectivity index (χ1n) is 7.00. The van der Waals surface area contributed by atoms with Gasteiger partial charge in [0.05, 0.1) is 0 Å². The van der Waals surface area contributed by atoms with Crippen LogP contribution < -0.4 is 16.4 Å². The fourth-order valence-electron chi connectivity index (χ4n) is 2.56. The molecule has 1 aromatic carbocycles. The van der Waals surface area contributed by atoms with Crippen molar-refractivity contribution in [2.24, 2.45) is 11.7 Å². The van der Waals surface area contributed by atoms with Gasteiger partial charge in [0.1, 0.15) is 0 Å². The Hall–Kier alpha value is -1.55. The van der Waals surface area contributed by atoms with Crippen molar-refractivity contribution in [3.05, 3.63) is 24.3 Å². The topological polar surface area (TPSA) is 67.2 Å². The quantitative estimate of drug-likeness (QED) is 0.780. The van der Waals surface area contributed by atoms with Crippen LogP contribution in [0.4, 0.5) is 11.4 Å². The van der Waals surface area contributed by atoms with E-state index in [4.69, 9.17) is 5.73 Å². The third kappa shape index (κ3) is 4.56. The molecule has 0 heterocycles. The number of anilines is 2. The minimum absolute atomic E-state index is 0.0431. The molecule has 2 rings (SSSR count). The molecule has 4 nitrogen and oxygen atoms in total. The number of nitrogens with one attached hydrogen (secondary N) is 2. The highest BCUT2D eigenvalue weighted by atomic mass is 16.1. The van der Waals surface area contributed by atoms with E-state index in [2.05, 4.69) is 10.6 Å². The van der Waals surface area contributed by atoms with Gasteiger partial charge in [-0.3, -0.25) is 4.79 Å². The van der Waals surface area contributed by atoms with Gasteiger partial charge in [0.2, 0.25) is 5.91 Å². The fourth-order valence-corrected chi connectivity index (χ4v) is 2.56. The lowest BCUT2D eigenvalue weighted by Crippen LogP contribution is -2.29. The van der Waals surface area contributed by atoms with Crippen molar-refractivity contribution >= 4 is 17.3 Å². The van der Waals surface area contributed by atoms with Crippen molar-refractivity contribution in [1.29, 1.82) is 0 Å². The van der Waals surface area contributed by atoms with Crippen LogP contribution >= 0.6 is 0 Å². The Kier molecular flexibility index (Phi) is 4.80. The standard InChI is InChI=1S/C15H23N3O/c1-11(19)18-15-4-2-3-14(9-15)17-10-12-5-7-13(16)8-6-12/h2-4,9,12-13,17H,5-8,10,16H2,1H3,(H,18,19). The first-order valence-corrected chi connectivity index (χ1v) is 7.00. The molecule has 1 saturated carbocycles. The second-order valence-corrected chi connectivity index (χ2v) is 5.42. The van der Waals surface area contributed by atoms with E-state index in [-0.39, 0.29) is 5.91 Å². The zero-order valence-electron chi connectivity index (χ0n) is 11.5. The van der Waals surface area contributed by atoms with E-state index in [1.807, 2.05) is 24.3 Å². The second kappa shape index (κ2) is 6.57. The minimum atomic E-state index is -0.0431. The Bertz CT molecular complexity index is 425. The molecule has 4 N–H and O–H groups in total. The van der Waals surface area contributed by atoms with Gasteiger partial charge in [-0.25, -0.2) is 0 Å². The Morgan fingerprint density at radius 3 is 2.63 bits per heavy atom. The molecule has 19 heavy (non-hydrogen) atoms. The minimum Gasteiger partial charge on any atom is -0.385 e. The number of carbonyl (C=O) groups excluding carboxylic acids is 1. The van der Waals surface area contributed by atoms with Gasteiger partial charge >= 0.3 is 0 Å². The first-order chi connectivity index (χ1) is 9.13. The largest absolute Gasteiger partial charge is 0.385 e. The highest BCUT2D eigenvalue weighted by molar-refractivity contribution is 5.89. The van der Waals surface area contributed by atoms with Crippen molar-refractivity contribution in [2.75, 3.05) is 17.2 Å². The van der Waals surface area contributed by atoms with E-state index >= 15 is 0 Å². The van der Waals surface area contributed by atoms with Crippen LogP contribution in [0, 0.1) is 5.92 Å². The summed E-state index contributed by atoms with van der Waals surface area (Å²) in [6.07, 6.45) is 4.69. The molecule has 104 valence electrons. The molecule has 1 aromatic rings. The van der Waals surface area contributed by atoms with Gasteiger partial charge in [-0.2, -0.15) is 0 Å². The van der Waals surface area contributed by atoms with Crippen molar-refractivity contribution < 1.29 is 4.79 Å². The Morgan fingerprint density at radius 1 is 1.26 bits per heavy atom. The molecule has 0 spiro atoms. The first kappa shape index (κ1) is 13.9. The average Bonchev–Trinajstić information content (AvgIpc) is 2.38. The van der Waals surface area contributed by atoms with E-state index in [0.29, 0.717) is 12.0 Å². The van der Waals surface area contributed by atoms with E-state index in [9.17, 15) is 4.79 Å². The van der Waals surface area contributed by atoms with Crippen LogP contribution in [-0.4, -0.2) is 18.5 Å². The van der Waals surface area contributed by atoms with Gasteiger partial charge in [-0.05, 0) is 49.8 Å². The summed E-state index contributed by atoms with van der Waals surface area (Å²) in [5, 5.41) is 6.24. The number of benzene rings is 1. The molecule has 0 unspecified atom stereocenters. The third-order valence-corrected chi connectivity index (χ3v) is 3.67. The smallest absolute Gasteiger partial charge is 0.221 e. The maximum absolute atomic E-state index is 11.0. The normalized spacial score (nSPS) is 22.8. The SMILES string of the molecule is CC(=O)Nc1cccc(NCC2CCC(N)CC2)c1. The van der Waals surface area contributed by atoms with Crippen LogP contribution in [0.15, 0.2) is 24.3 Å². The molecule has 0 atom stereocenters. The zero-order chi connectivity index (χ0) is 13.7. The summed E-state index contributed by atoms with van der Waals surface area (Å²) in [5.41, 5.74) is 7.80. The number of rotatable bonds is 4. The van der Waals surface area contributed by atoms with E-state index < -0.39 is 0 Å². The van der Waals surface area contributed by atoms with Crippen LogP contribution in [0.25, 0.3) is 0 Å². The van der Waals surface area contributed by atoms with E-state index in [1.165, 1.54) is 19.8 Å². The molecule has 0 aliphatic heterocycles. The number of amides is 1. The molecule has 0 radical (unpaired) electrons. The van der Waals surface area contributed by atoms with E-state index in [0.717, 1.165) is 30.8 Å². The van der Waals surface area contributed by atoms with Gasteiger partial charge < -0.3 is 16.4 Å². The van der Waals surface area contributed by atoms with Crippen molar-refractivity contribution in [1.82, 2.24) is 0 Å². The van der Waals surface area contributed by atoms with Crippen LogP contribution in [-0.2, 0) is 4.79 Å². The molecule has 0 saturated heterocycles. The van der Waals surface area contributed by atoms with Crippen molar-refractivity contribution in [3.8, 4) is 0 Å². The van der Waals surface area contributed by atoms with Crippen LogP contribution in [0.3, 0.4) is 0 Å². The summed E-state index contributed by atoms with van der Waals surface area (Å²) in [4.78, 5) is 11.0. The van der Waals surface area contributed by atoms with Gasteiger partial charge in [0.25, 0.3) is 0 Å². The lowest BCUT2D eigenvalue weighted by molar-refractivity contribution is -0.114. The van der Waals surface area contributed by atoms with Gasteiger partial charge in [0.15, 0.2) is 0 Å². The molecule has 1 aliphatic rings. The van der Waals surface area contributed by atoms with Gasteiger partial charge in [0, 0.05) is 30.9 Å². The summed E-state index contributed by atoms with van der Waals surface area (Å²) in [6, 6.07) is 8.24. The van der Waals surface area contributed by atoms with Crippen molar-refractivity contribution in [2.45, 2.75) is 38.6 Å². The third-order valence-electron chi connectivity index (χ3n) is 3.67. The Balaban J connectivity index is 1.83. The zero-order valence-corrected chi connectivity index (χ0v) is 11.5. The molecule has 1 amide bonds. The number of nitrogens with two attached hydrogens (primary N) is 1. The maximum atomic E-state index is 11.0.